The van der Waals surface area contributed by atoms with Crippen molar-refractivity contribution in [1.82, 2.24) is 10.3 Å². The van der Waals surface area contributed by atoms with Gasteiger partial charge in [0.2, 0.25) is 0 Å². The van der Waals surface area contributed by atoms with Crippen molar-refractivity contribution < 1.29 is 9.53 Å². The van der Waals surface area contributed by atoms with Gasteiger partial charge in [-0.3, -0.25) is 10.1 Å². The van der Waals surface area contributed by atoms with Crippen LogP contribution < -0.4 is 15.4 Å². The van der Waals surface area contributed by atoms with Gasteiger partial charge in [-0.1, -0.05) is 24.3 Å². The Kier molecular flexibility index (Phi) is 5.74. The number of anilines is 1. The molecule has 0 aliphatic rings. The average Bonchev–Trinajstić information content (AvgIpc) is 3.19. The minimum Gasteiger partial charge on any atom is -0.497 e. The Morgan fingerprint density at radius 1 is 1.03 bits per heavy atom. The number of thiazole rings is 1. The molecule has 4 rings (SSSR count). The molecule has 30 heavy (non-hydrogen) atoms. The summed E-state index contributed by atoms with van der Waals surface area (Å²) in [6.45, 7) is 2.01. The monoisotopic (exact) mass is 433 g/mol. The van der Waals surface area contributed by atoms with Crippen LogP contribution in [0.3, 0.4) is 0 Å². The molecule has 1 aromatic heterocycles. The molecule has 1 heterocycles. The lowest BCUT2D eigenvalue weighted by atomic mass is 10.1. The van der Waals surface area contributed by atoms with Crippen LogP contribution in [0.4, 0.5) is 5.69 Å². The van der Waals surface area contributed by atoms with Gasteiger partial charge in [-0.25, -0.2) is 4.98 Å². The van der Waals surface area contributed by atoms with Crippen LogP contribution in [0.5, 0.6) is 5.75 Å². The predicted octanol–water partition coefficient (Wildman–Crippen LogP) is 5.41. The molecule has 1 amide bonds. The fraction of sp³-hybridized carbons (Fsp3) is 0.0870. The number of methoxy groups -OCH3 is 1. The molecule has 4 aromatic rings. The largest absolute Gasteiger partial charge is 0.497 e. The third-order valence-corrected chi connectivity index (χ3v) is 5.96. The number of thiocarbonyl (C=S) groups is 1. The maximum atomic E-state index is 12.4. The summed E-state index contributed by atoms with van der Waals surface area (Å²) >= 11 is 7.00. The molecular formula is C23H19N3O2S2. The smallest absolute Gasteiger partial charge is 0.257 e. The van der Waals surface area contributed by atoms with Crippen molar-refractivity contribution in [2.75, 3.05) is 12.4 Å². The minimum absolute atomic E-state index is 0.236. The lowest BCUT2D eigenvalue weighted by Crippen LogP contribution is -2.34. The summed E-state index contributed by atoms with van der Waals surface area (Å²) in [5.41, 5.74) is 4.35. The van der Waals surface area contributed by atoms with E-state index in [0.717, 1.165) is 32.0 Å². The molecule has 0 spiro atoms. The number of amides is 1. The Balaban J connectivity index is 1.51. The first-order chi connectivity index (χ1) is 14.5. The number of nitrogens with zero attached hydrogens (tertiary/aromatic N) is 1. The van der Waals surface area contributed by atoms with E-state index in [1.165, 1.54) is 0 Å². The number of carbonyl (C=O) groups is 1. The van der Waals surface area contributed by atoms with Gasteiger partial charge in [-0.15, -0.1) is 11.3 Å². The predicted molar refractivity (Wildman–Crippen MR) is 126 cm³/mol. The molecule has 0 unspecified atom stereocenters. The second-order valence-electron chi connectivity index (χ2n) is 6.60. The van der Waals surface area contributed by atoms with Crippen LogP contribution in [-0.4, -0.2) is 23.1 Å². The summed E-state index contributed by atoms with van der Waals surface area (Å²) in [5, 5.41) is 7.03. The molecule has 3 aromatic carbocycles. The van der Waals surface area contributed by atoms with E-state index in [4.69, 9.17) is 21.9 Å². The molecule has 0 bridgehead atoms. The molecule has 150 valence electrons. The maximum absolute atomic E-state index is 12.4. The summed E-state index contributed by atoms with van der Waals surface area (Å²) in [5.74, 6) is 0.407. The fourth-order valence-corrected chi connectivity index (χ4v) is 4.31. The second-order valence-corrected chi connectivity index (χ2v) is 8.04. The van der Waals surface area contributed by atoms with Crippen molar-refractivity contribution in [2.45, 2.75) is 6.92 Å². The van der Waals surface area contributed by atoms with Crippen molar-refractivity contribution in [1.29, 1.82) is 0 Å². The van der Waals surface area contributed by atoms with E-state index in [0.29, 0.717) is 11.3 Å². The van der Waals surface area contributed by atoms with Gasteiger partial charge < -0.3 is 10.1 Å². The zero-order valence-electron chi connectivity index (χ0n) is 16.4. The van der Waals surface area contributed by atoms with Crippen LogP contribution in [0.15, 0.2) is 66.7 Å². The Hall–Kier alpha value is -3.29. The lowest BCUT2D eigenvalue weighted by molar-refractivity contribution is 0.0977. The van der Waals surface area contributed by atoms with Gasteiger partial charge in [0.05, 0.1) is 17.3 Å². The molecule has 0 radical (unpaired) electrons. The number of rotatable bonds is 4. The third-order valence-electron chi connectivity index (χ3n) is 4.69. The lowest BCUT2D eigenvalue weighted by Gasteiger charge is -2.14. The van der Waals surface area contributed by atoms with E-state index in [1.807, 2.05) is 43.3 Å². The van der Waals surface area contributed by atoms with Gasteiger partial charge in [-0.2, -0.15) is 0 Å². The van der Waals surface area contributed by atoms with E-state index in [9.17, 15) is 4.79 Å². The Bertz CT molecular complexity index is 1200. The van der Waals surface area contributed by atoms with Crippen molar-refractivity contribution in [3.63, 3.8) is 0 Å². The minimum atomic E-state index is -0.282. The molecule has 2 N–H and O–H groups in total. The van der Waals surface area contributed by atoms with E-state index in [1.54, 1.807) is 42.7 Å². The topological polar surface area (TPSA) is 63.2 Å². The summed E-state index contributed by atoms with van der Waals surface area (Å²) in [4.78, 5) is 17.2. The zero-order valence-corrected chi connectivity index (χ0v) is 18.1. The van der Waals surface area contributed by atoms with Gasteiger partial charge in [0.1, 0.15) is 10.8 Å². The molecule has 0 saturated heterocycles. The van der Waals surface area contributed by atoms with Crippen molar-refractivity contribution in [2.24, 2.45) is 0 Å². The van der Waals surface area contributed by atoms with E-state index < -0.39 is 0 Å². The highest BCUT2D eigenvalue weighted by atomic mass is 32.1. The molecule has 0 atom stereocenters. The van der Waals surface area contributed by atoms with Crippen LogP contribution in [0.2, 0.25) is 0 Å². The summed E-state index contributed by atoms with van der Waals surface area (Å²) in [7, 11) is 1.58. The number of carbonyl (C=O) groups excluding carboxylic acids is 1. The summed E-state index contributed by atoms with van der Waals surface area (Å²) in [6, 6.07) is 20.8. The van der Waals surface area contributed by atoms with E-state index >= 15 is 0 Å². The van der Waals surface area contributed by atoms with Crippen LogP contribution >= 0.6 is 23.6 Å². The molecule has 0 aliphatic heterocycles. The van der Waals surface area contributed by atoms with Gasteiger partial charge in [0.25, 0.3) is 5.91 Å². The highest BCUT2D eigenvalue weighted by Gasteiger charge is 2.13. The van der Waals surface area contributed by atoms with Crippen molar-refractivity contribution in [3.8, 4) is 16.3 Å². The van der Waals surface area contributed by atoms with Gasteiger partial charge >= 0.3 is 0 Å². The first-order valence-electron chi connectivity index (χ1n) is 9.27. The Morgan fingerprint density at radius 3 is 2.53 bits per heavy atom. The molecule has 7 heteroatoms. The van der Waals surface area contributed by atoms with Crippen LogP contribution in [0.25, 0.3) is 20.8 Å². The highest BCUT2D eigenvalue weighted by Crippen LogP contribution is 2.34. The number of hydrogen-bond acceptors (Lipinski definition) is 5. The number of hydrogen-bond donors (Lipinski definition) is 2. The number of fused-ring (bicyclic) bond motifs is 1. The standard InChI is InChI=1S/C23H19N3O2S2/c1-14-17(22-24-19-7-3-4-9-20(19)30-22)6-5-8-18(14)25-23(29)26-21(27)15-10-12-16(28-2)13-11-15/h3-13H,1-2H3,(H2,25,26,27,29). The Labute approximate surface area is 183 Å². The van der Waals surface area contributed by atoms with E-state index in [2.05, 4.69) is 16.7 Å². The SMILES string of the molecule is COc1ccc(C(=O)NC(=S)Nc2cccc(-c3nc4ccccc4s3)c2C)cc1. The molecule has 0 aliphatic carbocycles. The number of para-hydroxylation sites is 1. The summed E-state index contributed by atoms with van der Waals surface area (Å²) in [6.07, 6.45) is 0. The van der Waals surface area contributed by atoms with Crippen molar-refractivity contribution >= 4 is 50.5 Å². The van der Waals surface area contributed by atoms with Crippen LogP contribution in [0, 0.1) is 6.92 Å². The normalized spacial score (nSPS) is 10.6. The van der Waals surface area contributed by atoms with Crippen LogP contribution in [0.1, 0.15) is 15.9 Å². The van der Waals surface area contributed by atoms with Gasteiger partial charge in [0.15, 0.2) is 5.11 Å². The second kappa shape index (κ2) is 8.61. The van der Waals surface area contributed by atoms with Gasteiger partial charge in [0, 0.05) is 16.8 Å². The van der Waals surface area contributed by atoms with Crippen molar-refractivity contribution in [3.05, 3.63) is 77.9 Å². The number of aromatic nitrogens is 1. The van der Waals surface area contributed by atoms with Crippen LogP contribution in [-0.2, 0) is 0 Å². The highest BCUT2D eigenvalue weighted by molar-refractivity contribution is 7.80. The molecule has 0 fully saturated rings. The molecule has 0 saturated carbocycles. The molecule has 5 nitrogen and oxygen atoms in total. The first kappa shape index (κ1) is 20.0. The quantitative estimate of drug-likeness (QED) is 0.422. The fourth-order valence-electron chi connectivity index (χ4n) is 3.06. The average molecular weight is 434 g/mol. The van der Waals surface area contributed by atoms with Gasteiger partial charge in [-0.05, 0) is 67.2 Å². The number of benzene rings is 3. The molecular weight excluding hydrogens is 414 g/mol. The number of nitrogens with one attached hydrogen (secondary N) is 2. The third kappa shape index (κ3) is 4.17. The first-order valence-corrected chi connectivity index (χ1v) is 10.5. The summed E-state index contributed by atoms with van der Waals surface area (Å²) < 4.78 is 6.26. The maximum Gasteiger partial charge on any atom is 0.257 e. The van der Waals surface area contributed by atoms with E-state index in [-0.39, 0.29) is 11.0 Å². The number of ether oxygens (including phenoxy) is 1. The Morgan fingerprint density at radius 2 is 1.80 bits per heavy atom. The zero-order chi connectivity index (χ0) is 21.1.